The molecule has 0 radical (unpaired) electrons. The van der Waals surface area contributed by atoms with Gasteiger partial charge in [0.05, 0.1) is 0 Å². The van der Waals surface area contributed by atoms with Gasteiger partial charge in [0.1, 0.15) is 5.82 Å². The van der Waals surface area contributed by atoms with E-state index in [-0.39, 0.29) is 11.9 Å². The summed E-state index contributed by atoms with van der Waals surface area (Å²) < 4.78 is 13.6. The molecule has 6 heteroatoms. The van der Waals surface area contributed by atoms with Crippen LogP contribution in [0.1, 0.15) is 11.6 Å². The number of amides is 1. The first kappa shape index (κ1) is 10.1. The van der Waals surface area contributed by atoms with Crippen molar-refractivity contribution < 1.29 is 9.18 Å². The van der Waals surface area contributed by atoms with Crippen LogP contribution in [0.5, 0.6) is 0 Å². The molecule has 1 aliphatic heterocycles. The summed E-state index contributed by atoms with van der Waals surface area (Å²) in [4.78, 5) is 15.3. The highest BCUT2D eigenvalue weighted by molar-refractivity contribution is 9.10. The summed E-state index contributed by atoms with van der Waals surface area (Å²) in [7, 11) is 0. The third-order valence-corrected chi connectivity index (χ3v) is 2.74. The molecule has 2 rings (SSSR count). The molecule has 0 fully saturated rings. The predicted octanol–water partition coefficient (Wildman–Crippen LogP) is 1.07. The molecule has 1 aromatic carbocycles. The molecule has 0 aliphatic carbocycles. The summed E-state index contributed by atoms with van der Waals surface area (Å²) in [6, 6.07) is 3.32. The number of nitrogens with zero attached hydrogens (tertiary/aromatic N) is 1. The molecule has 0 saturated heterocycles. The zero-order valence-corrected chi connectivity index (χ0v) is 9.08. The lowest BCUT2D eigenvalue weighted by Gasteiger charge is -2.07. The van der Waals surface area contributed by atoms with Gasteiger partial charge in [0, 0.05) is 10.0 Å². The van der Waals surface area contributed by atoms with Crippen molar-refractivity contribution in [2.24, 2.45) is 10.7 Å². The maximum Gasteiger partial charge on any atom is 0.256 e. The fourth-order valence-electron chi connectivity index (χ4n) is 1.36. The van der Waals surface area contributed by atoms with Gasteiger partial charge in [0.15, 0.2) is 12.0 Å². The third kappa shape index (κ3) is 1.85. The van der Waals surface area contributed by atoms with E-state index in [1.807, 2.05) is 0 Å². The molecular formula is C9H7BrFN3O. The van der Waals surface area contributed by atoms with Crippen LogP contribution in [0.4, 0.5) is 4.39 Å². The number of guanidine groups is 1. The van der Waals surface area contributed by atoms with Crippen molar-refractivity contribution in [2.75, 3.05) is 0 Å². The molecule has 0 bridgehead atoms. The minimum atomic E-state index is -0.768. The Kier molecular flexibility index (Phi) is 2.44. The van der Waals surface area contributed by atoms with E-state index >= 15 is 0 Å². The lowest BCUT2D eigenvalue weighted by Crippen LogP contribution is -2.31. The number of rotatable bonds is 1. The number of benzene rings is 1. The first-order valence-electron chi connectivity index (χ1n) is 4.17. The van der Waals surface area contributed by atoms with E-state index in [9.17, 15) is 9.18 Å². The second-order valence-electron chi connectivity index (χ2n) is 3.07. The fourth-order valence-corrected chi connectivity index (χ4v) is 1.82. The van der Waals surface area contributed by atoms with E-state index in [0.717, 1.165) is 0 Å². The Morgan fingerprint density at radius 3 is 2.87 bits per heavy atom. The van der Waals surface area contributed by atoms with Crippen molar-refractivity contribution >= 4 is 27.8 Å². The average Bonchev–Trinajstić information content (AvgIpc) is 2.50. The number of carbonyl (C=O) groups is 1. The van der Waals surface area contributed by atoms with Gasteiger partial charge in [-0.05, 0) is 18.2 Å². The van der Waals surface area contributed by atoms with Crippen LogP contribution in [-0.4, -0.2) is 11.9 Å². The first-order valence-corrected chi connectivity index (χ1v) is 4.96. The van der Waals surface area contributed by atoms with Gasteiger partial charge in [-0.3, -0.25) is 10.1 Å². The van der Waals surface area contributed by atoms with Crippen molar-refractivity contribution in [2.45, 2.75) is 6.04 Å². The van der Waals surface area contributed by atoms with Crippen molar-refractivity contribution in [3.8, 4) is 0 Å². The Hall–Kier alpha value is -1.43. The van der Waals surface area contributed by atoms with E-state index in [1.54, 1.807) is 0 Å². The first-order chi connectivity index (χ1) is 7.08. The van der Waals surface area contributed by atoms with Gasteiger partial charge < -0.3 is 5.73 Å². The van der Waals surface area contributed by atoms with E-state index in [2.05, 4.69) is 26.2 Å². The summed E-state index contributed by atoms with van der Waals surface area (Å²) in [6.07, 6.45) is 0. The number of aliphatic imine (C=N–C) groups is 1. The van der Waals surface area contributed by atoms with Crippen LogP contribution in [0.15, 0.2) is 27.7 Å². The summed E-state index contributed by atoms with van der Waals surface area (Å²) in [5, 5.41) is 2.36. The van der Waals surface area contributed by atoms with Crippen LogP contribution in [0.3, 0.4) is 0 Å². The summed E-state index contributed by atoms with van der Waals surface area (Å²) in [6.45, 7) is 0. The highest BCUT2D eigenvalue weighted by Crippen LogP contribution is 2.28. The van der Waals surface area contributed by atoms with E-state index in [4.69, 9.17) is 5.73 Å². The van der Waals surface area contributed by atoms with E-state index in [1.165, 1.54) is 18.2 Å². The Morgan fingerprint density at radius 1 is 1.53 bits per heavy atom. The summed E-state index contributed by atoms with van der Waals surface area (Å²) in [5.41, 5.74) is 5.82. The van der Waals surface area contributed by atoms with Crippen LogP contribution in [0.25, 0.3) is 0 Å². The third-order valence-electron chi connectivity index (χ3n) is 2.02. The maximum atomic E-state index is 13.0. The second-order valence-corrected chi connectivity index (χ2v) is 3.93. The Bertz CT molecular complexity index is 461. The van der Waals surface area contributed by atoms with Gasteiger partial charge in [-0.1, -0.05) is 15.9 Å². The van der Waals surface area contributed by atoms with Crippen LogP contribution >= 0.6 is 15.9 Å². The predicted molar refractivity (Wildman–Crippen MR) is 56.6 cm³/mol. The molecule has 0 saturated carbocycles. The molecule has 1 aromatic rings. The van der Waals surface area contributed by atoms with Gasteiger partial charge in [-0.2, -0.15) is 0 Å². The Labute approximate surface area is 93.5 Å². The number of carbonyl (C=O) groups excluding carboxylic acids is 1. The molecule has 0 spiro atoms. The standard InChI is InChI=1S/C9H7BrFN3O/c10-6-2-1-4(11)3-5(6)7-8(15)14-9(12)13-7/h1-3,7H,(H3,12,13,14,15). The molecular weight excluding hydrogens is 265 g/mol. The quantitative estimate of drug-likeness (QED) is 0.803. The normalized spacial score (nSPS) is 20.0. The maximum absolute atomic E-state index is 13.0. The van der Waals surface area contributed by atoms with Gasteiger partial charge in [-0.15, -0.1) is 0 Å². The monoisotopic (exact) mass is 271 g/mol. The molecule has 1 aliphatic rings. The minimum Gasteiger partial charge on any atom is -0.370 e. The highest BCUT2D eigenvalue weighted by Gasteiger charge is 2.28. The fraction of sp³-hybridized carbons (Fsp3) is 0.111. The molecule has 0 aromatic heterocycles. The average molecular weight is 272 g/mol. The van der Waals surface area contributed by atoms with Crippen molar-refractivity contribution in [3.05, 3.63) is 34.1 Å². The largest absolute Gasteiger partial charge is 0.370 e. The molecule has 1 unspecified atom stereocenters. The van der Waals surface area contributed by atoms with Crippen LogP contribution < -0.4 is 11.1 Å². The SMILES string of the molecule is NC1=NC(c2cc(F)ccc2Br)C(=O)N1. The molecule has 78 valence electrons. The number of hydrogen-bond donors (Lipinski definition) is 2. The van der Waals surface area contributed by atoms with Gasteiger partial charge in [0.2, 0.25) is 0 Å². The minimum absolute atomic E-state index is 0.0566. The number of nitrogens with two attached hydrogens (primary N) is 1. The van der Waals surface area contributed by atoms with Gasteiger partial charge >= 0.3 is 0 Å². The Balaban J connectivity index is 2.45. The molecule has 1 heterocycles. The van der Waals surface area contributed by atoms with E-state index < -0.39 is 11.9 Å². The highest BCUT2D eigenvalue weighted by atomic mass is 79.9. The Morgan fingerprint density at radius 2 is 2.27 bits per heavy atom. The van der Waals surface area contributed by atoms with Gasteiger partial charge in [0.25, 0.3) is 5.91 Å². The second kappa shape index (κ2) is 3.62. The number of hydrogen-bond acceptors (Lipinski definition) is 3. The molecule has 1 amide bonds. The molecule has 4 nitrogen and oxygen atoms in total. The zero-order chi connectivity index (χ0) is 11.0. The van der Waals surface area contributed by atoms with Crippen LogP contribution in [-0.2, 0) is 4.79 Å². The zero-order valence-electron chi connectivity index (χ0n) is 7.50. The molecule has 1 atom stereocenters. The summed E-state index contributed by atoms with van der Waals surface area (Å²) in [5.74, 6) is -0.707. The lowest BCUT2D eigenvalue weighted by atomic mass is 10.1. The number of nitrogens with one attached hydrogen (secondary N) is 1. The van der Waals surface area contributed by atoms with Gasteiger partial charge in [-0.25, -0.2) is 9.38 Å². The smallest absolute Gasteiger partial charge is 0.256 e. The van der Waals surface area contributed by atoms with Crippen molar-refractivity contribution in [1.82, 2.24) is 5.32 Å². The van der Waals surface area contributed by atoms with Crippen LogP contribution in [0.2, 0.25) is 0 Å². The van der Waals surface area contributed by atoms with Crippen molar-refractivity contribution in [1.29, 1.82) is 0 Å². The van der Waals surface area contributed by atoms with Crippen molar-refractivity contribution in [3.63, 3.8) is 0 Å². The topological polar surface area (TPSA) is 67.5 Å². The van der Waals surface area contributed by atoms with E-state index in [0.29, 0.717) is 10.0 Å². The number of halogens is 2. The molecule has 3 N–H and O–H groups in total. The lowest BCUT2D eigenvalue weighted by molar-refractivity contribution is -0.120. The molecule has 15 heavy (non-hydrogen) atoms. The van der Waals surface area contributed by atoms with Crippen LogP contribution in [0, 0.1) is 5.82 Å². The summed E-state index contributed by atoms with van der Waals surface area (Å²) >= 11 is 3.23.